The van der Waals surface area contributed by atoms with E-state index in [0.717, 1.165) is 40.9 Å². The Morgan fingerprint density at radius 1 is 1.06 bits per heavy atom. The summed E-state index contributed by atoms with van der Waals surface area (Å²) in [7, 11) is 0. The van der Waals surface area contributed by atoms with Crippen LogP contribution in [0, 0.1) is 46.3 Å². The van der Waals surface area contributed by atoms with Crippen LogP contribution in [0.15, 0.2) is 12.2 Å². The molecule has 0 saturated heterocycles. The Morgan fingerprint density at radius 2 is 1.94 bits per heavy atom. The van der Waals surface area contributed by atoms with Gasteiger partial charge in [0, 0.05) is 0 Å². The summed E-state index contributed by atoms with van der Waals surface area (Å²) in [6.45, 7) is 5.25. The average Bonchev–Trinajstić information content (AvgIpc) is 2.96. The van der Waals surface area contributed by atoms with Gasteiger partial charge in [-0.25, -0.2) is 0 Å². The van der Waals surface area contributed by atoms with Crippen molar-refractivity contribution in [2.45, 2.75) is 46.0 Å². The van der Waals surface area contributed by atoms with Gasteiger partial charge >= 0.3 is 0 Å². The molecule has 0 aliphatic heterocycles. The summed E-state index contributed by atoms with van der Waals surface area (Å²) >= 11 is 0. The minimum absolute atomic E-state index is 0.590. The molecule has 5 aliphatic carbocycles. The lowest BCUT2D eigenvalue weighted by molar-refractivity contribution is 0.0142. The van der Waals surface area contributed by atoms with Gasteiger partial charge in [-0.3, -0.25) is 0 Å². The number of rotatable bonds is 0. The molecule has 17 heavy (non-hydrogen) atoms. The second kappa shape index (κ2) is 2.53. The van der Waals surface area contributed by atoms with E-state index in [1.54, 1.807) is 19.3 Å². The van der Waals surface area contributed by atoms with Gasteiger partial charge in [0.25, 0.3) is 0 Å². The predicted molar refractivity (Wildman–Crippen MR) is 69.4 cm³/mol. The molecule has 0 amide bonds. The zero-order valence-electron chi connectivity index (χ0n) is 11.2. The highest BCUT2D eigenvalue weighted by molar-refractivity contribution is 5.29. The van der Waals surface area contributed by atoms with Crippen LogP contribution in [0.4, 0.5) is 0 Å². The first-order valence-electron chi connectivity index (χ1n) is 7.83. The van der Waals surface area contributed by atoms with E-state index in [9.17, 15) is 0 Å². The summed E-state index contributed by atoms with van der Waals surface area (Å²) in [5, 5.41) is 0. The molecule has 0 aromatic carbocycles. The SMILES string of the molecule is CC12C=CC(C1)C1C3CC(C)(C4CCCC34)C12. The molecule has 0 nitrogen and oxygen atoms in total. The van der Waals surface area contributed by atoms with Crippen molar-refractivity contribution in [1.82, 2.24) is 0 Å². The normalized spacial score (nSPS) is 70.0. The van der Waals surface area contributed by atoms with Crippen molar-refractivity contribution in [3.8, 4) is 0 Å². The van der Waals surface area contributed by atoms with Crippen LogP contribution < -0.4 is 0 Å². The second-order valence-corrected chi connectivity index (χ2v) is 8.36. The fourth-order valence-electron chi connectivity index (χ4n) is 7.84. The number of allylic oxidation sites excluding steroid dienone is 2. The Hall–Kier alpha value is -0.260. The maximum atomic E-state index is 2.68. The van der Waals surface area contributed by atoms with Gasteiger partial charge in [-0.05, 0) is 72.0 Å². The zero-order valence-corrected chi connectivity index (χ0v) is 11.2. The summed E-state index contributed by atoms with van der Waals surface area (Å²) in [6, 6.07) is 0. The molecule has 0 radical (unpaired) electrons. The van der Waals surface area contributed by atoms with Gasteiger partial charge in [0.2, 0.25) is 0 Å². The van der Waals surface area contributed by atoms with E-state index in [1.165, 1.54) is 12.8 Å². The molecular formula is C17H24. The third-order valence-corrected chi connectivity index (χ3v) is 7.84. The molecular weight excluding hydrogens is 204 g/mol. The van der Waals surface area contributed by atoms with E-state index in [0.29, 0.717) is 5.41 Å². The van der Waals surface area contributed by atoms with Crippen LogP contribution in [-0.2, 0) is 0 Å². The molecule has 0 heteroatoms. The van der Waals surface area contributed by atoms with Crippen LogP contribution in [0.2, 0.25) is 0 Å². The fraction of sp³-hybridized carbons (Fsp3) is 0.882. The molecule has 0 aromatic rings. The van der Waals surface area contributed by atoms with Crippen molar-refractivity contribution in [3.05, 3.63) is 12.2 Å². The molecule has 0 N–H and O–H groups in total. The van der Waals surface area contributed by atoms with Crippen LogP contribution in [-0.4, -0.2) is 0 Å². The minimum Gasteiger partial charge on any atom is -0.0845 e. The first-order chi connectivity index (χ1) is 8.13. The standard InChI is InChI=1S/C17H24/c1-16-7-6-10(8-16)14-12-9-17(2,15(14)16)13-5-3-4-11(12)13/h6-7,10-15H,3-5,8-9H2,1-2H3. The molecule has 8 atom stereocenters. The average molecular weight is 228 g/mol. The summed E-state index contributed by atoms with van der Waals surface area (Å²) in [4.78, 5) is 0. The van der Waals surface area contributed by atoms with Gasteiger partial charge in [0.15, 0.2) is 0 Å². The van der Waals surface area contributed by atoms with Gasteiger partial charge < -0.3 is 0 Å². The van der Waals surface area contributed by atoms with Crippen molar-refractivity contribution in [2.24, 2.45) is 46.3 Å². The van der Waals surface area contributed by atoms with Crippen molar-refractivity contribution >= 4 is 0 Å². The lowest BCUT2D eigenvalue weighted by Crippen LogP contribution is -2.43. The van der Waals surface area contributed by atoms with Crippen LogP contribution in [0.25, 0.3) is 0 Å². The summed E-state index contributed by atoms with van der Waals surface area (Å²) in [5.41, 5.74) is 1.32. The first-order valence-corrected chi connectivity index (χ1v) is 7.83. The van der Waals surface area contributed by atoms with E-state index in [1.807, 2.05) is 0 Å². The molecule has 0 spiro atoms. The molecule has 92 valence electrons. The molecule has 5 aliphatic rings. The summed E-state index contributed by atoms with van der Waals surface area (Å²) < 4.78 is 0. The van der Waals surface area contributed by atoms with Crippen molar-refractivity contribution in [2.75, 3.05) is 0 Å². The Morgan fingerprint density at radius 3 is 2.82 bits per heavy atom. The Labute approximate surface area is 105 Å². The molecule has 5 rings (SSSR count). The van der Waals surface area contributed by atoms with Crippen molar-refractivity contribution in [3.63, 3.8) is 0 Å². The lowest BCUT2D eigenvalue weighted by atomic mass is 9.56. The molecule has 4 fully saturated rings. The monoisotopic (exact) mass is 228 g/mol. The van der Waals surface area contributed by atoms with Gasteiger partial charge in [-0.1, -0.05) is 32.4 Å². The number of fused-ring (bicyclic) bond motifs is 12. The van der Waals surface area contributed by atoms with E-state index in [2.05, 4.69) is 26.0 Å². The van der Waals surface area contributed by atoms with Crippen LogP contribution >= 0.6 is 0 Å². The highest BCUT2D eigenvalue weighted by atomic mass is 14.8. The quantitative estimate of drug-likeness (QED) is 0.429. The van der Waals surface area contributed by atoms with E-state index in [-0.39, 0.29) is 0 Å². The Balaban J connectivity index is 1.68. The third-order valence-electron chi connectivity index (χ3n) is 7.84. The van der Waals surface area contributed by atoms with E-state index in [4.69, 9.17) is 0 Å². The third kappa shape index (κ3) is 0.833. The zero-order chi connectivity index (χ0) is 11.4. The lowest BCUT2D eigenvalue weighted by Gasteiger charge is -2.48. The maximum Gasteiger partial charge on any atom is -0.0104 e. The maximum absolute atomic E-state index is 2.68. The summed E-state index contributed by atoms with van der Waals surface area (Å²) in [6.07, 6.45) is 12.9. The van der Waals surface area contributed by atoms with Crippen LogP contribution in [0.1, 0.15) is 46.0 Å². The minimum atomic E-state index is 0.590. The van der Waals surface area contributed by atoms with E-state index < -0.39 is 0 Å². The molecule has 8 unspecified atom stereocenters. The number of hydrogen-bond donors (Lipinski definition) is 0. The van der Waals surface area contributed by atoms with E-state index >= 15 is 0 Å². The Bertz CT molecular complexity index is 422. The van der Waals surface area contributed by atoms with Gasteiger partial charge in [0.05, 0.1) is 0 Å². The largest absolute Gasteiger partial charge is 0.0845 e. The predicted octanol–water partition coefficient (Wildman–Crippen LogP) is 4.27. The smallest absolute Gasteiger partial charge is 0.0104 e. The molecule has 4 bridgehead atoms. The topological polar surface area (TPSA) is 0 Å². The first kappa shape index (κ1) is 9.64. The molecule has 4 saturated carbocycles. The van der Waals surface area contributed by atoms with Gasteiger partial charge in [0.1, 0.15) is 0 Å². The molecule has 0 aromatic heterocycles. The highest BCUT2D eigenvalue weighted by Gasteiger charge is 2.72. The summed E-state index contributed by atoms with van der Waals surface area (Å²) in [5.74, 6) is 6.48. The van der Waals surface area contributed by atoms with Gasteiger partial charge in [-0.2, -0.15) is 0 Å². The van der Waals surface area contributed by atoms with Crippen LogP contribution in [0.5, 0.6) is 0 Å². The second-order valence-electron chi connectivity index (χ2n) is 8.36. The Kier molecular flexibility index (Phi) is 1.44. The molecule has 0 heterocycles. The van der Waals surface area contributed by atoms with Crippen molar-refractivity contribution < 1.29 is 0 Å². The fourth-order valence-corrected chi connectivity index (χ4v) is 7.84. The van der Waals surface area contributed by atoms with Gasteiger partial charge in [-0.15, -0.1) is 0 Å². The van der Waals surface area contributed by atoms with Crippen LogP contribution in [0.3, 0.4) is 0 Å². The van der Waals surface area contributed by atoms with Crippen molar-refractivity contribution in [1.29, 1.82) is 0 Å². The number of hydrogen-bond acceptors (Lipinski definition) is 0. The highest BCUT2D eigenvalue weighted by Crippen LogP contribution is 2.79.